The van der Waals surface area contributed by atoms with Crippen molar-refractivity contribution in [3.63, 3.8) is 0 Å². The van der Waals surface area contributed by atoms with Crippen LogP contribution in [-0.2, 0) is 0 Å². The molecule has 0 spiro atoms. The third kappa shape index (κ3) is 2.29. The minimum absolute atomic E-state index is 0.138. The lowest BCUT2D eigenvalue weighted by Gasteiger charge is -2.03. The Morgan fingerprint density at radius 1 is 1.13 bits per heavy atom. The van der Waals surface area contributed by atoms with E-state index in [2.05, 4.69) is 22.1 Å². The highest BCUT2D eigenvalue weighted by atomic mass is 32.1. The van der Waals surface area contributed by atoms with Crippen molar-refractivity contribution < 1.29 is 4.42 Å². The Bertz CT molecular complexity index is 1040. The third-order valence-electron chi connectivity index (χ3n) is 3.83. The molecule has 5 heteroatoms. The Kier molecular flexibility index (Phi) is 3.16. The molecule has 114 valence electrons. The van der Waals surface area contributed by atoms with Crippen LogP contribution in [0.2, 0.25) is 0 Å². The summed E-state index contributed by atoms with van der Waals surface area (Å²) < 4.78 is 5.33. The SMILES string of the molecule is Cc1ccc(-c2c(C)sc3nc(-c4ccco4)[nH]c(=O)c23)cc1. The molecule has 4 nitrogen and oxygen atoms in total. The molecule has 0 bridgehead atoms. The molecule has 0 fully saturated rings. The molecule has 1 N–H and O–H groups in total. The van der Waals surface area contributed by atoms with Crippen molar-refractivity contribution in [2.24, 2.45) is 0 Å². The molecule has 0 saturated heterocycles. The Balaban J connectivity index is 1.98. The highest BCUT2D eigenvalue weighted by Crippen LogP contribution is 2.36. The van der Waals surface area contributed by atoms with Crippen molar-refractivity contribution in [1.29, 1.82) is 0 Å². The highest BCUT2D eigenvalue weighted by molar-refractivity contribution is 7.19. The van der Waals surface area contributed by atoms with Crippen molar-refractivity contribution in [3.05, 3.63) is 63.5 Å². The number of aromatic amines is 1. The van der Waals surface area contributed by atoms with Crippen LogP contribution in [0.25, 0.3) is 32.9 Å². The maximum atomic E-state index is 12.6. The summed E-state index contributed by atoms with van der Waals surface area (Å²) in [6.45, 7) is 4.07. The largest absolute Gasteiger partial charge is 0.461 e. The number of fused-ring (bicyclic) bond motifs is 1. The Labute approximate surface area is 136 Å². The maximum Gasteiger partial charge on any atom is 0.260 e. The van der Waals surface area contributed by atoms with Gasteiger partial charge in [-0.05, 0) is 31.5 Å². The molecule has 23 heavy (non-hydrogen) atoms. The first-order valence-corrected chi connectivity index (χ1v) is 8.09. The molecule has 4 rings (SSSR count). The summed E-state index contributed by atoms with van der Waals surface area (Å²) in [7, 11) is 0. The summed E-state index contributed by atoms with van der Waals surface area (Å²) in [5.41, 5.74) is 3.06. The zero-order valence-corrected chi connectivity index (χ0v) is 13.5. The van der Waals surface area contributed by atoms with E-state index in [9.17, 15) is 4.79 Å². The van der Waals surface area contributed by atoms with E-state index in [1.807, 2.05) is 26.0 Å². The van der Waals surface area contributed by atoms with Gasteiger partial charge < -0.3 is 9.40 Å². The smallest absolute Gasteiger partial charge is 0.260 e. The van der Waals surface area contributed by atoms with E-state index in [1.54, 1.807) is 18.4 Å². The fraction of sp³-hybridized carbons (Fsp3) is 0.111. The van der Waals surface area contributed by atoms with Crippen molar-refractivity contribution in [2.45, 2.75) is 13.8 Å². The van der Waals surface area contributed by atoms with E-state index in [-0.39, 0.29) is 5.56 Å². The van der Waals surface area contributed by atoms with Crippen molar-refractivity contribution in [2.75, 3.05) is 0 Å². The Hall–Kier alpha value is -2.66. The van der Waals surface area contributed by atoms with E-state index in [0.29, 0.717) is 17.0 Å². The summed E-state index contributed by atoms with van der Waals surface area (Å²) >= 11 is 1.53. The first-order valence-electron chi connectivity index (χ1n) is 7.28. The highest BCUT2D eigenvalue weighted by Gasteiger charge is 2.17. The van der Waals surface area contributed by atoms with Crippen LogP contribution < -0.4 is 5.56 Å². The number of furan rings is 1. The van der Waals surface area contributed by atoms with Gasteiger partial charge in [0.2, 0.25) is 0 Å². The Morgan fingerprint density at radius 2 is 1.91 bits per heavy atom. The molecule has 1 aromatic carbocycles. The number of aromatic nitrogens is 2. The lowest BCUT2D eigenvalue weighted by Crippen LogP contribution is -2.08. The summed E-state index contributed by atoms with van der Waals surface area (Å²) in [6.07, 6.45) is 1.57. The quantitative estimate of drug-likeness (QED) is 0.590. The second-order valence-electron chi connectivity index (χ2n) is 5.47. The molecule has 0 unspecified atom stereocenters. The van der Waals surface area contributed by atoms with Crippen molar-refractivity contribution >= 4 is 21.6 Å². The van der Waals surface area contributed by atoms with Crippen LogP contribution in [0.15, 0.2) is 51.9 Å². The van der Waals surface area contributed by atoms with E-state index in [4.69, 9.17) is 4.42 Å². The van der Waals surface area contributed by atoms with Gasteiger partial charge in [-0.2, -0.15) is 0 Å². The van der Waals surface area contributed by atoms with Crippen LogP contribution >= 0.6 is 11.3 Å². The van der Waals surface area contributed by atoms with Crippen LogP contribution in [0.3, 0.4) is 0 Å². The number of hydrogen-bond acceptors (Lipinski definition) is 4. The van der Waals surface area contributed by atoms with Crippen LogP contribution in [0.4, 0.5) is 0 Å². The summed E-state index contributed by atoms with van der Waals surface area (Å²) in [6, 6.07) is 11.8. The molecule has 3 heterocycles. The third-order valence-corrected chi connectivity index (χ3v) is 4.83. The number of nitrogens with zero attached hydrogens (tertiary/aromatic N) is 1. The van der Waals surface area contributed by atoms with Gasteiger partial charge in [-0.1, -0.05) is 29.8 Å². The lowest BCUT2D eigenvalue weighted by atomic mass is 10.0. The van der Waals surface area contributed by atoms with Gasteiger partial charge in [-0.3, -0.25) is 4.79 Å². The molecule has 3 aromatic heterocycles. The van der Waals surface area contributed by atoms with Crippen LogP contribution in [-0.4, -0.2) is 9.97 Å². The second-order valence-corrected chi connectivity index (χ2v) is 6.67. The zero-order valence-electron chi connectivity index (χ0n) is 12.7. The van der Waals surface area contributed by atoms with E-state index >= 15 is 0 Å². The molecule has 4 aromatic rings. The minimum Gasteiger partial charge on any atom is -0.461 e. The van der Waals surface area contributed by atoms with Crippen molar-refractivity contribution in [3.8, 4) is 22.7 Å². The fourth-order valence-corrected chi connectivity index (χ4v) is 3.76. The number of thiophene rings is 1. The number of aryl methyl sites for hydroxylation is 2. The summed E-state index contributed by atoms with van der Waals surface area (Å²) in [5, 5.41) is 0.645. The predicted octanol–water partition coefficient (Wildman–Crippen LogP) is 4.53. The standard InChI is InChI=1S/C18H14N2O2S/c1-10-5-7-12(8-6-10)14-11(2)23-18-15(14)17(21)19-16(20-18)13-4-3-9-22-13/h3-9H,1-2H3,(H,19,20,21). The van der Waals surface area contributed by atoms with E-state index in [1.165, 1.54) is 16.9 Å². The molecular formula is C18H14N2O2S. The molecular weight excluding hydrogens is 308 g/mol. The van der Waals surface area contributed by atoms with Gasteiger partial charge in [-0.25, -0.2) is 4.98 Å². The number of benzene rings is 1. The average Bonchev–Trinajstić information content (AvgIpc) is 3.15. The minimum atomic E-state index is -0.138. The van der Waals surface area contributed by atoms with Crippen LogP contribution in [0.5, 0.6) is 0 Å². The predicted molar refractivity (Wildman–Crippen MR) is 92.9 cm³/mol. The second kappa shape index (κ2) is 5.21. The fourth-order valence-electron chi connectivity index (χ4n) is 2.72. The molecule has 0 atom stereocenters. The zero-order chi connectivity index (χ0) is 16.0. The number of H-pyrrole nitrogens is 1. The molecule has 0 aliphatic heterocycles. The molecule has 0 aliphatic rings. The van der Waals surface area contributed by atoms with Gasteiger partial charge in [-0.15, -0.1) is 11.3 Å². The van der Waals surface area contributed by atoms with Gasteiger partial charge in [0.15, 0.2) is 11.6 Å². The Morgan fingerprint density at radius 3 is 2.61 bits per heavy atom. The van der Waals surface area contributed by atoms with Gasteiger partial charge in [0.05, 0.1) is 11.6 Å². The average molecular weight is 322 g/mol. The topological polar surface area (TPSA) is 58.9 Å². The molecule has 0 saturated carbocycles. The number of nitrogens with one attached hydrogen (secondary N) is 1. The van der Waals surface area contributed by atoms with Gasteiger partial charge in [0.1, 0.15) is 4.83 Å². The monoisotopic (exact) mass is 322 g/mol. The summed E-state index contributed by atoms with van der Waals surface area (Å²) in [5.74, 6) is 1.02. The van der Waals surface area contributed by atoms with Gasteiger partial charge >= 0.3 is 0 Å². The first kappa shape index (κ1) is 14.0. The van der Waals surface area contributed by atoms with Crippen LogP contribution in [0, 0.1) is 13.8 Å². The molecule has 0 aliphatic carbocycles. The molecule has 0 radical (unpaired) electrons. The van der Waals surface area contributed by atoms with E-state index < -0.39 is 0 Å². The van der Waals surface area contributed by atoms with Gasteiger partial charge in [0, 0.05) is 10.4 Å². The van der Waals surface area contributed by atoms with Crippen LogP contribution in [0.1, 0.15) is 10.4 Å². The number of hydrogen-bond donors (Lipinski definition) is 1. The maximum absolute atomic E-state index is 12.6. The first-order chi connectivity index (χ1) is 11.1. The van der Waals surface area contributed by atoms with E-state index in [0.717, 1.165) is 20.8 Å². The van der Waals surface area contributed by atoms with Gasteiger partial charge in [0.25, 0.3) is 5.56 Å². The van der Waals surface area contributed by atoms with Crippen molar-refractivity contribution in [1.82, 2.24) is 9.97 Å². The summed E-state index contributed by atoms with van der Waals surface area (Å²) in [4.78, 5) is 21.9. The molecule has 0 amide bonds. The normalized spacial score (nSPS) is 11.2. The number of rotatable bonds is 2. The lowest BCUT2D eigenvalue weighted by molar-refractivity contribution is 0.577.